The molecule has 0 unspecified atom stereocenters. The van der Waals surface area contributed by atoms with Crippen molar-refractivity contribution in [2.24, 2.45) is 0 Å². The van der Waals surface area contributed by atoms with E-state index in [2.05, 4.69) is 0 Å². The molecule has 0 saturated carbocycles. The molecule has 16 heavy (non-hydrogen) atoms. The maximum Gasteiger partial charge on any atom is 0.308 e. The Labute approximate surface area is 92.6 Å². The van der Waals surface area contributed by atoms with Crippen LogP contribution in [0.3, 0.4) is 0 Å². The van der Waals surface area contributed by atoms with Gasteiger partial charge in [-0.3, -0.25) is 9.59 Å². The monoisotopic (exact) mass is 224 g/mol. The summed E-state index contributed by atoms with van der Waals surface area (Å²) < 4.78 is 10.1. The van der Waals surface area contributed by atoms with Crippen molar-refractivity contribution in [1.82, 2.24) is 0 Å². The van der Waals surface area contributed by atoms with Gasteiger partial charge >= 0.3 is 11.9 Å². The number of carbonyl (C=O) groups is 2. The van der Waals surface area contributed by atoms with Crippen LogP contribution in [0, 0.1) is 0 Å². The molecule has 0 aliphatic carbocycles. The largest absolute Gasteiger partial charge is 0.489 e. The summed E-state index contributed by atoms with van der Waals surface area (Å²) in [5.41, 5.74) is 0. The van der Waals surface area contributed by atoms with Crippen molar-refractivity contribution in [2.75, 3.05) is 6.61 Å². The van der Waals surface area contributed by atoms with Crippen molar-refractivity contribution in [3.8, 4) is 11.5 Å². The standard InChI is InChI=1S/C11H12O5/c1-8(12)16-10-5-3-2-4-9(10)15-7-6-11(13)14/h2-5H,6-7H2,1H3,(H,13,14). The average molecular weight is 224 g/mol. The van der Waals surface area contributed by atoms with Crippen LogP contribution in [-0.2, 0) is 9.59 Å². The quantitative estimate of drug-likeness (QED) is 0.605. The maximum absolute atomic E-state index is 10.8. The van der Waals surface area contributed by atoms with E-state index in [0.29, 0.717) is 11.5 Å². The predicted molar refractivity (Wildman–Crippen MR) is 55.5 cm³/mol. The molecule has 0 aliphatic heterocycles. The van der Waals surface area contributed by atoms with Crippen LogP contribution in [0.2, 0.25) is 0 Å². The summed E-state index contributed by atoms with van der Waals surface area (Å²) in [7, 11) is 0. The van der Waals surface area contributed by atoms with E-state index in [0.717, 1.165) is 0 Å². The number of aliphatic carboxylic acids is 1. The molecule has 0 radical (unpaired) electrons. The minimum atomic E-state index is -0.940. The number of hydrogen-bond donors (Lipinski definition) is 1. The second kappa shape index (κ2) is 5.75. The second-order valence-electron chi connectivity index (χ2n) is 3.03. The van der Waals surface area contributed by atoms with Crippen molar-refractivity contribution in [3.63, 3.8) is 0 Å². The molecule has 5 heteroatoms. The summed E-state index contributed by atoms with van der Waals surface area (Å²) in [6.07, 6.45) is -0.103. The second-order valence-corrected chi connectivity index (χ2v) is 3.03. The van der Waals surface area contributed by atoms with Crippen molar-refractivity contribution >= 4 is 11.9 Å². The van der Waals surface area contributed by atoms with Crippen molar-refractivity contribution in [1.29, 1.82) is 0 Å². The number of carbonyl (C=O) groups excluding carboxylic acids is 1. The van der Waals surface area contributed by atoms with Gasteiger partial charge in [-0.15, -0.1) is 0 Å². The molecule has 0 aliphatic rings. The lowest BCUT2D eigenvalue weighted by atomic mass is 10.3. The van der Waals surface area contributed by atoms with Gasteiger partial charge in [-0.2, -0.15) is 0 Å². The number of para-hydroxylation sites is 2. The highest BCUT2D eigenvalue weighted by Gasteiger charge is 2.07. The van der Waals surface area contributed by atoms with E-state index < -0.39 is 11.9 Å². The third-order valence-electron chi connectivity index (χ3n) is 1.68. The first kappa shape index (κ1) is 12.0. The van der Waals surface area contributed by atoms with Crippen LogP contribution in [-0.4, -0.2) is 23.7 Å². The molecule has 0 atom stereocenters. The zero-order chi connectivity index (χ0) is 12.0. The maximum atomic E-state index is 10.8. The first-order valence-corrected chi connectivity index (χ1v) is 4.71. The van der Waals surface area contributed by atoms with Crippen LogP contribution >= 0.6 is 0 Å². The summed E-state index contributed by atoms with van der Waals surface area (Å²) in [4.78, 5) is 21.1. The Balaban J connectivity index is 2.63. The topological polar surface area (TPSA) is 72.8 Å². The molecule has 1 aromatic carbocycles. The molecule has 1 aromatic rings. The van der Waals surface area contributed by atoms with Crippen molar-refractivity contribution < 1.29 is 24.2 Å². The average Bonchev–Trinajstić information content (AvgIpc) is 2.19. The van der Waals surface area contributed by atoms with E-state index in [1.165, 1.54) is 6.92 Å². The van der Waals surface area contributed by atoms with Crippen LogP contribution < -0.4 is 9.47 Å². The first-order chi connectivity index (χ1) is 7.59. The molecule has 5 nitrogen and oxygen atoms in total. The van der Waals surface area contributed by atoms with E-state index in [4.69, 9.17) is 14.6 Å². The third-order valence-corrected chi connectivity index (χ3v) is 1.68. The normalized spacial score (nSPS) is 9.56. The highest BCUT2D eigenvalue weighted by Crippen LogP contribution is 2.26. The Kier molecular flexibility index (Phi) is 4.32. The van der Waals surface area contributed by atoms with Gasteiger partial charge in [0.25, 0.3) is 0 Å². The summed E-state index contributed by atoms with van der Waals surface area (Å²) in [6, 6.07) is 6.60. The van der Waals surface area contributed by atoms with Crippen LogP contribution in [0.25, 0.3) is 0 Å². The fraction of sp³-hybridized carbons (Fsp3) is 0.273. The number of carboxylic acids is 1. The van der Waals surface area contributed by atoms with E-state index in [9.17, 15) is 9.59 Å². The lowest BCUT2D eigenvalue weighted by molar-refractivity contribution is -0.137. The van der Waals surface area contributed by atoms with E-state index in [1.807, 2.05) is 0 Å². The van der Waals surface area contributed by atoms with Crippen LogP contribution in [0.4, 0.5) is 0 Å². The first-order valence-electron chi connectivity index (χ1n) is 4.71. The molecule has 0 aromatic heterocycles. The molecule has 1 N–H and O–H groups in total. The number of hydrogen-bond acceptors (Lipinski definition) is 4. The van der Waals surface area contributed by atoms with Gasteiger partial charge in [-0.1, -0.05) is 12.1 Å². The number of carboxylic acid groups (broad SMARTS) is 1. The number of rotatable bonds is 5. The molecule has 0 fully saturated rings. The lowest BCUT2D eigenvalue weighted by Gasteiger charge is -2.09. The number of esters is 1. The van der Waals surface area contributed by atoms with Crippen molar-refractivity contribution in [2.45, 2.75) is 13.3 Å². The summed E-state index contributed by atoms with van der Waals surface area (Å²) in [5, 5.41) is 8.44. The Morgan fingerprint density at radius 3 is 2.44 bits per heavy atom. The number of ether oxygens (including phenoxy) is 2. The van der Waals surface area contributed by atoms with Gasteiger partial charge in [0.15, 0.2) is 11.5 Å². The molecule has 0 saturated heterocycles. The predicted octanol–water partition coefficient (Wildman–Crippen LogP) is 1.47. The van der Waals surface area contributed by atoms with Crippen LogP contribution in [0.15, 0.2) is 24.3 Å². The minimum Gasteiger partial charge on any atom is -0.489 e. The summed E-state index contributed by atoms with van der Waals surface area (Å²) in [5.74, 6) is -0.737. The molecular weight excluding hydrogens is 212 g/mol. The smallest absolute Gasteiger partial charge is 0.308 e. The highest BCUT2D eigenvalue weighted by atomic mass is 16.6. The molecule has 0 bridgehead atoms. The zero-order valence-electron chi connectivity index (χ0n) is 8.80. The van der Waals surface area contributed by atoms with Crippen molar-refractivity contribution in [3.05, 3.63) is 24.3 Å². The zero-order valence-corrected chi connectivity index (χ0v) is 8.80. The fourth-order valence-electron chi connectivity index (χ4n) is 1.06. The van der Waals surface area contributed by atoms with E-state index in [1.54, 1.807) is 24.3 Å². The van der Waals surface area contributed by atoms with E-state index in [-0.39, 0.29) is 13.0 Å². The minimum absolute atomic E-state index is 0.0353. The van der Waals surface area contributed by atoms with Gasteiger partial charge in [0.05, 0.1) is 13.0 Å². The summed E-state index contributed by atoms with van der Waals surface area (Å²) >= 11 is 0. The van der Waals surface area contributed by atoms with Crippen LogP contribution in [0.1, 0.15) is 13.3 Å². The molecule has 1 rings (SSSR count). The van der Waals surface area contributed by atoms with Gasteiger partial charge in [-0.25, -0.2) is 0 Å². The highest BCUT2D eigenvalue weighted by molar-refractivity contribution is 5.70. The lowest BCUT2D eigenvalue weighted by Crippen LogP contribution is -2.07. The Morgan fingerprint density at radius 1 is 1.25 bits per heavy atom. The van der Waals surface area contributed by atoms with Gasteiger partial charge in [0.1, 0.15) is 0 Å². The van der Waals surface area contributed by atoms with Gasteiger partial charge in [0.2, 0.25) is 0 Å². The number of benzene rings is 1. The Morgan fingerprint density at radius 2 is 1.88 bits per heavy atom. The Bertz CT molecular complexity index is 386. The fourth-order valence-corrected chi connectivity index (χ4v) is 1.06. The van der Waals surface area contributed by atoms with Crippen LogP contribution in [0.5, 0.6) is 11.5 Å². The van der Waals surface area contributed by atoms with Gasteiger partial charge in [-0.05, 0) is 12.1 Å². The SMILES string of the molecule is CC(=O)Oc1ccccc1OCCC(=O)O. The Hall–Kier alpha value is -2.04. The third kappa shape index (κ3) is 4.00. The molecule has 86 valence electrons. The molecule has 0 amide bonds. The molecule has 0 spiro atoms. The van der Waals surface area contributed by atoms with Gasteiger partial charge < -0.3 is 14.6 Å². The summed E-state index contributed by atoms with van der Waals surface area (Å²) in [6.45, 7) is 1.32. The molecule has 0 heterocycles. The van der Waals surface area contributed by atoms with E-state index >= 15 is 0 Å². The van der Waals surface area contributed by atoms with Gasteiger partial charge in [0, 0.05) is 6.92 Å². The molecular formula is C11H12O5.